The number of rotatable bonds is 2. The first kappa shape index (κ1) is 9.21. The molecule has 1 atom stereocenters. The quantitative estimate of drug-likeness (QED) is 0.724. The lowest BCUT2D eigenvalue weighted by molar-refractivity contribution is -0.108. The van der Waals surface area contributed by atoms with Gasteiger partial charge in [0.2, 0.25) is 0 Å². The van der Waals surface area contributed by atoms with Crippen LogP contribution in [0.25, 0.3) is 0 Å². The summed E-state index contributed by atoms with van der Waals surface area (Å²) in [7, 11) is 0. The molecule has 1 heterocycles. The molecule has 0 saturated carbocycles. The van der Waals surface area contributed by atoms with Gasteiger partial charge < -0.3 is 14.6 Å². The molecule has 0 radical (unpaired) electrons. The molecule has 74 valence electrons. The molecular weight excluding hydrogens is 180 g/mol. The zero-order valence-corrected chi connectivity index (χ0v) is 7.77. The maximum absolute atomic E-state index is 10.4. The van der Waals surface area contributed by atoms with Crippen LogP contribution >= 0.6 is 0 Å². The normalized spacial score (nSPS) is 20.1. The largest absolute Gasteiger partial charge is 0.508 e. The van der Waals surface area contributed by atoms with Crippen LogP contribution in [-0.2, 0) is 16.1 Å². The number of carbonyl (C=O) groups excluding carboxylic acids is 1. The Kier molecular flexibility index (Phi) is 2.50. The van der Waals surface area contributed by atoms with Gasteiger partial charge in [-0.3, -0.25) is 0 Å². The van der Waals surface area contributed by atoms with Crippen molar-refractivity contribution in [2.45, 2.75) is 18.9 Å². The Labute approximate surface area is 82.3 Å². The van der Waals surface area contributed by atoms with Gasteiger partial charge in [0, 0.05) is 12.3 Å². The van der Waals surface area contributed by atoms with Gasteiger partial charge in [-0.1, -0.05) is 6.07 Å². The second-order valence-electron chi connectivity index (χ2n) is 3.50. The number of hydrogen-bond donors (Lipinski definition) is 1. The first-order valence-corrected chi connectivity index (χ1v) is 4.64. The summed E-state index contributed by atoms with van der Waals surface area (Å²) in [5.41, 5.74) is 2.12. The molecule has 1 aromatic rings. The molecule has 0 spiro atoms. The summed E-state index contributed by atoms with van der Waals surface area (Å²) in [6, 6.07) is 5.23. The Balaban J connectivity index is 2.34. The van der Waals surface area contributed by atoms with Crippen LogP contribution in [0.5, 0.6) is 5.75 Å². The highest BCUT2D eigenvalue weighted by Crippen LogP contribution is 2.30. The second-order valence-corrected chi connectivity index (χ2v) is 3.50. The summed E-state index contributed by atoms with van der Waals surface area (Å²) in [6.07, 6.45) is 1.40. The first-order chi connectivity index (χ1) is 6.81. The van der Waals surface area contributed by atoms with Crippen molar-refractivity contribution in [1.82, 2.24) is 0 Å². The van der Waals surface area contributed by atoms with Crippen molar-refractivity contribution in [3.05, 3.63) is 29.3 Å². The Morgan fingerprint density at radius 1 is 1.57 bits per heavy atom. The van der Waals surface area contributed by atoms with Crippen LogP contribution in [0.15, 0.2) is 18.2 Å². The molecule has 0 bridgehead atoms. The molecule has 14 heavy (non-hydrogen) atoms. The van der Waals surface area contributed by atoms with E-state index in [9.17, 15) is 9.90 Å². The average Bonchev–Trinajstić information content (AvgIpc) is 2.18. The molecule has 1 N–H and O–H groups in total. The van der Waals surface area contributed by atoms with Gasteiger partial charge in [-0.05, 0) is 23.3 Å². The molecule has 1 aliphatic rings. The highest BCUT2D eigenvalue weighted by molar-refractivity contribution is 5.53. The van der Waals surface area contributed by atoms with Crippen LogP contribution < -0.4 is 0 Å². The van der Waals surface area contributed by atoms with E-state index in [4.69, 9.17) is 4.74 Å². The number of aromatic hydroxyl groups is 1. The van der Waals surface area contributed by atoms with Gasteiger partial charge in [-0.25, -0.2) is 0 Å². The fraction of sp³-hybridized carbons (Fsp3) is 0.364. The Morgan fingerprint density at radius 2 is 2.43 bits per heavy atom. The lowest BCUT2D eigenvalue weighted by atomic mass is 9.91. The third-order valence-electron chi connectivity index (χ3n) is 2.52. The highest BCUT2D eigenvalue weighted by atomic mass is 16.5. The Bertz CT molecular complexity index is 346. The lowest BCUT2D eigenvalue weighted by Crippen LogP contribution is -2.16. The molecule has 2 rings (SSSR count). The van der Waals surface area contributed by atoms with Crippen LogP contribution in [0.2, 0.25) is 0 Å². The van der Waals surface area contributed by atoms with Gasteiger partial charge >= 0.3 is 0 Å². The van der Waals surface area contributed by atoms with E-state index in [-0.39, 0.29) is 11.7 Å². The minimum absolute atomic E-state index is 0.150. The summed E-state index contributed by atoms with van der Waals surface area (Å²) in [6.45, 7) is 1.12. The van der Waals surface area contributed by atoms with E-state index < -0.39 is 0 Å². The maximum Gasteiger partial charge on any atom is 0.120 e. The van der Waals surface area contributed by atoms with Gasteiger partial charge in [-0.15, -0.1) is 0 Å². The van der Waals surface area contributed by atoms with E-state index in [0.717, 1.165) is 17.4 Å². The number of phenols is 1. The zero-order chi connectivity index (χ0) is 9.97. The van der Waals surface area contributed by atoms with E-state index in [1.54, 1.807) is 12.1 Å². The van der Waals surface area contributed by atoms with Crippen LogP contribution in [0.1, 0.15) is 23.5 Å². The third-order valence-corrected chi connectivity index (χ3v) is 2.52. The third kappa shape index (κ3) is 1.63. The number of ether oxygens (including phenoxy) is 1. The summed E-state index contributed by atoms with van der Waals surface area (Å²) in [4.78, 5) is 10.4. The van der Waals surface area contributed by atoms with Gasteiger partial charge in [-0.2, -0.15) is 0 Å². The molecule has 0 saturated heterocycles. The van der Waals surface area contributed by atoms with E-state index in [0.29, 0.717) is 19.6 Å². The van der Waals surface area contributed by atoms with Crippen LogP contribution in [0, 0.1) is 0 Å². The minimum atomic E-state index is 0.150. The molecule has 1 aromatic carbocycles. The molecule has 0 amide bonds. The number of carbonyl (C=O) groups is 1. The van der Waals surface area contributed by atoms with Gasteiger partial charge in [0.25, 0.3) is 0 Å². The number of fused-ring (bicyclic) bond motifs is 1. The van der Waals surface area contributed by atoms with Crippen molar-refractivity contribution in [2.24, 2.45) is 0 Å². The maximum atomic E-state index is 10.4. The van der Waals surface area contributed by atoms with E-state index in [1.807, 2.05) is 6.07 Å². The van der Waals surface area contributed by atoms with Crippen molar-refractivity contribution in [1.29, 1.82) is 0 Å². The molecule has 3 nitrogen and oxygen atoms in total. The van der Waals surface area contributed by atoms with Crippen LogP contribution in [-0.4, -0.2) is 18.0 Å². The molecule has 0 fully saturated rings. The number of benzene rings is 1. The van der Waals surface area contributed by atoms with Crippen molar-refractivity contribution < 1.29 is 14.6 Å². The lowest BCUT2D eigenvalue weighted by Gasteiger charge is -2.24. The number of aldehydes is 1. The van der Waals surface area contributed by atoms with E-state index in [2.05, 4.69) is 0 Å². The smallest absolute Gasteiger partial charge is 0.120 e. The topological polar surface area (TPSA) is 46.5 Å². The highest BCUT2D eigenvalue weighted by Gasteiger charge is 2.20. The molecule has 3 heteroatoms. The van der Waals surface area contributed by atoms with Crippen molar-refractivity contribution in [3.63, 3.8) is 0 Å². The van der Waals surface area contributed by atoms with E-state index in [1.165, 1.54) is 0 Å². The fourth-order valence-electron chi connectivity index (χ4n) is 1.83. The SMILES string of the molecule is O=CCC1COCc2cc(O)ccc21. The van der Waals surface area contributed by atoms with Crippen molar-refractivity contribution in [3.8, 4) is 5.75 Å². The number of phenolic OH excluding ortho intramolecular Hbond substituents is 1. The summed E-state index contributed by atoms with van der Waals surface area (Å²) in [5, 5.41) is 9.28. The Morgan fingerprint density at radius 3 is 3.21 bits per heavy atom. The van der Waals surface area contributed by atoms with Crippen LogP contribution in [0.3, 0.4) is 0 Å². The molecule has 0 aromatic heterocycles. The number of hydrogen-bond acceptors (Lipinski definition) is 3. The monoisotopic (exact) mass is 192 g/mol. The zero-order valence-electron chi connectivity index (χ0n) is 7.77. The Hall–Kier alpha value is -1.35. The van der Waals surface area contributed by atoms with Crippen LogP contribution in [0.4, 0.5) is 0 Å². The first-order valence-electron chi connectivity index (χ1n) is 4.64. The summed E-state index contributed by atoms with van der Waals surface area (Å²) in [5.74, 6) is 0.399. The van der Waals surface area contributed by atoms with Gasteiger partial charge in [0.15, 0.2) is 0 Å². The standard InChI is InChI=1S/C11H12O3/c12-4-3-8-6-14-7-9-5-10(13)1-2-11(8)9/h1-2,4-5,8,13H,3,6-7H2. The van der Waals surface area contributed by atoms with Gasteiger partial charge in [0.05, 0.1) is 13.2 Å². The minimum Gasteiger partial charge on any atom is -0.508 e. The molecule has 1 unspecified atom stereocenters. The summed E-state index contributed by atoms with van der Waals surface area (Å²) >= 11 is 0. The average molecular weight is 192 g/mol. The van der Waals surface area contributed by atoms with Gasteiger partial charge in [0.1, 0.15) is 12.0 Å². The van der Waals surface area contributed by atoms with Crippen molar-refractivity contribution in [2.75, 3.05) is 6.61 Å². The van der Waals surface area contributed by atoms with Crippen molar-refractivity contribution >= 4 is 6.29 Å². The summed E-state index contributed by atoms with van der Waals surface area (Å²) < 4.78 is 5.35. The molecule has 0 aliphatic carbocycles. The van der Waals surface area contributed by atoms with E-state index >= 15 is 0 Å². The molecule has 1 aliphatic heterocycles. The fourth-order valence-corrected chi connectivity index (χ4v) is 1.83. The predicted molar refractivity (Wildman–Crippen MR) is 51.2 cm³/mol. The second kappa shape index (κ2) is 3.80. The molecular formula is C11H12O3. The predicted octanol–water partition coefficient (Wildman–Crippen LogP) is 1.59.